The first-order valence-corrected chi connectivity index (χ1v) is 8.61. The largest absolute Gasteiger partial charge is 0.309 e. The van der Waals surface area contributed by atoms with E-state index in [4.69, 9.17) is 0 Å². The summed E-state index contributed by atoms with van der Waals surface area (Å²) >= 11 is 1.60. The summed E-state index contributed by atoms with van der Waals surface area (Å²) in [6.07, 6.45) is 7.86. The van der Waals surface area contributed by atoms with Gasteiger partial charge in [0.25, 0.3) is 0 Å². The molecule has 0 radical (unpaired) electrons. The van der Waals surface area contributed by atoms with Crippen molar-refractivity contribution in [3.8, 4) is 0 Å². The van der Waals surface area contributed by atoms with Crippen LogP contribution in [0.1, 0.15) is 69.5 Å². The highest BCUT2D eigenvalue weighted by Crippen LogP contribution is 2.39. The quantitative estimate of drug-likeness (QED) is 0.857. The zero-order valence-corrected chi connectivity index (χ0v) is 13.3. The molecule has 0 spiro atoms. The van der Waals surface area contributed by atoms with E-state index in [0.29, 0.717) is 6.04 Å². The first kappa shape index (κ1) is 14.9. The number of hydrogen-bond acceptors (Lipinski definition) is 4. The molecule has 1 unspecified atom stereocenters. The molecular weight excluding hydrogens is 254 g/mol. The van der Waals surface area contributed by atoms with Crippen LogP contribution in [0, 0.1) is 11.8 Å². The van der Waals surface area contributed by atoms with Crippen LogP contribution < -0.4 is 5.32 Å². The van der Waals surface area contributed by atoms with E-state index >= 15 is 0 Å². The molecule has 4 heteroatoms. The molecule has 0 aliphatic heterocycles. The normalized spacial score (nSPS) is 25.4. The lowest BCUT2D eigenvalue weighted by Gasteiger charge is -2.33. The van der Waals surface area contributed by atoms with E-state index in [2.05, 4.69) is 35.7 Å². The van der Waals surface area contributed by atoms with E-state index in [9.17, 15) is 0 Å². The van der Waals surface area contributed by atoms with Gasteiger partial charge in [-0.15, -0.1) is 5.10 Å². The summed E-state index contributed by atoms with van der Waals surface area (Å²) in [6, 6.07) is 0.484. The maximum absolute atomic E-state index is 4.29. The first-order valence-electron chi connectivity index (χ1n) is 7.84. The van der Waals surface area contributed by atoms with E-state index in [0.717, 1.165) is 24.8 Å². The molecule has 1 aromatic heterocycles. The molecule has 1 atom stereocenters. The van der Waals surface area contributed by atoms with Gasteiger partial charge in [-0.05, 0) is 49.2 Å². The van der Waals surface area contributed by atoms with Gasteiger partial charge in [0.05, 0.1) is 10.6 Å². The summed E-state index contributed by atoms with van der Waals surface area (Å²) in [4.78, 5) is 1.39. The van der Waals surface area contributed by atoms with Crippen LogP contribution in [0.15, 0.2) is 0 Å². The Morgan fingerprint density at radius 1 is 1.21 bits per heavy atom. The number of hydrogen-bond donors (Lipinski definition) is 1. The van der Waals surface area contributed by atoms with Crippen LogP contribution in [-0.4, -0.2) is 16.1 Å². The van der Waals surface area contributed by atoms with E-state index < -0.39 is 0 Å². The van der Waals surface area contributed by atoms with Gasteiger partial charge in [-0.3, -0.25) is 0 Å². The van der Waals surface area contributed by atoms with Crippen molar-refractivity contribution >= 4 is 11.5 Å². The summed E-state index contributed by atoms with van der Waals surface area (Å²) in [5.74, 6) is 1.74. The third kappa shape index (κ3) is 3.54. The van der Waals surface area contributed by atoms with Gasteiger partial charge in [-0.1, -0.05) is 44.5 Å². The van der Waals surface area contributed by atoms with E-state index in [1.54, 1.807) is 11.5 Å². The summed E-state index contributed by atoms with van der Waals surface area (Å²) in [7, 11) is 0. The molecule has 2 rings (SSSR count). The van der Waals surface area contributed by atoms with Gasteiger partial charge in [0.15, 0.2) is 0 Å². The Labute approximate surface area is 121 Å². The zero-order chi connectivity index (χ0) is 13.7. The highest BCUT2D eigenvalue weighted by molar-refractivity contribution is 7.05. The van der Waals surface area contributed by atoms with Crippen LogP contribution in [-0.2, 0) is 6.42 Å². The van der Waals surface area contributed by atoms with Crippen LogP contribution >= 0.6 is 11.5 Å². The molecule has 0 bridgehead atoms. The Balaban J connectivity index is 2.08. The van der Waals surface area contributed by atoms with E-state index in [1.165, 1.54) is 42.7 Å². The second-order valence-electron chi connectivity index (χ2n) is 5.66. The lowest BCUT2D eigenvalue weighted by Crippen LogP contribution is -2.31. The maximum Gasteiger partial charge on any atom is 0.0801 e. The first-order chi connectivity index (χ1) is 9.30. The van der Waals surface area contributed by atoms with Crippen molar-refractivity contribution < 1.29 is 0 Å². The molecular formula is C15H27N3S. The van der Waals surface area contributed by atoms with Gasteiger partial charge in [0, 0.05) is 6.04 Å². The topological polar surface area (TPSA) is 37.8 Å². The maximum atomic E-state index is 4.29. The third-order valence-corrected chi connectivity index (χ3v) is 5.42. The molecule has 0 saturated heterocycles. The van der Waals surface area contributed by atoms with Crippen molar-refractivity contribution in [2.45, 2.75) is 65.3 Å². The minimum Gasteiger partial charge on any atom is -0.309 e. The average Bonchev–Trinajstić information content (AvgIpc) is 2.93. The van der Waals surface area contributed by atoms with Crippen LogP contribution in [0.4, 0.5) is 0 Å². The molecule has 1 aliphatic rings. The lowest BCUT2D eigenvalue weighted by atomic mass is 9.77. The van der Waals surface area contributed by atoms with Crippen molar-refractivity contribution in [2.24, 2.45) is 11.8 Å². The highest BCUT2D eigenvalue weighted by Gasteiger charge is 2.30. The van der Waals surface area contributed by atoms with Gasteiger partial charge >= 0.3 is 0 Å². The molecule has 108 valence electrons. The Kier molecular flexibility index (Phi) is 5.76. The summed E-state index contributed by atoms with van der Waals surface area (Å²) in [5.41, 5.74) is 1.20. The second kappa shape index (κ2) is 7.34. The molecule has 1 heterocycles. The van der Waals surface area contributed by atoms with Gasteiger partial charge in [0.1, 0.15) is 0 Å². The predicted octanol–water partition coefficient (Wildman–Crippen LogP) is 3.97. The lowest BCUT2D eigenvalue weighted by molar-refractivity contribution is 0.221. The predicted molar refractivity (Wildman–Crippen MR) is 81.4 cm³/mol. The second-order valence-corrected chi connectivity index (χ2v) is 6.45. The number of aromatic nitrogens is 2. The van der Waals surface area contributed by atoms with Crippen molar-refractivity contribution in [2.75, 3.05) is 6.54 Å². The molecule has 0 aromatic carbocycles. The summed E-state index contributed by atoms with van der Waals surface area (Å²) < 4.78 is 4.17. The Bertz CT molecular complexity index is 369. The molecule has 0 amide bonds. The van der Waals surface area contributed by atoms with Gasteiger partial charge in [0.2, 0.25) is 0 Å². The minimum atomic E-state index is 0.484. The van der Waals surface area contributed by atoms with Crippen molar-refractivity contribution in [3.05, 3.63) is 10.6 Å². The van der Waals surface area contributed by atoms with Crippen molar-refractivity contribution in [1.82, 2.24) is 14.9 Å². The Hall–Kier alpha value is -0.480. The van der Waals surface area contributed by atoms with E-state index in [-0.39, 0.29) is 0 Å². The number of nitrogens with one attached hydrogen (secondary N) is 1. The van der Waals surface area contributed by atoms with Gasteiger partial charge in [-0.25, -0.2) is 0 Å². The fourth-order valence-corrected chi connectivity index (χ4v) is 4.23. The molecule has 1 fully saturated rings. The van der Waals surface area contributed by atoms with Crippen molar-refractivity contribution in [3.63, 3.8) is 0 Å². The molecule has 1 aliphatic carbocycles. The number of nitrogens with zero attached hydrogens (tertiary/aromatic N) is 2. The number of rotatable bonds is 6. The van der Waals surface area contributed by atoms with Gasteiger partial charge in [-0.2, -0.15) is 0 Å². The highest BCUT2D eigenvalue weighted by atomic mass is 32.1. The minimum absolute atomic E-state index is 0.484. The fraction of sp³-hybridized carbons (Fsp3) is 0.867. The van der Waals surface area contributed by atoms with Gasteiger partial charge < -0.3 is 5.32 Å². The van der Waals surface area contributed by atoms with Crippen LogP contribution in [0.2, 0.25) is 0 Å². The van der Waals surface area contributed by atoms with Crippen LogP contribution in [0.3, 0.4) is 0 Å². The standard InChI is InChI=1S/C15H27N3S/c1-4-11-7-9-12(10-8-11)14(16-6-3)15-13(5-2)17-18-19-15/h11-12,14,16H,4-10H2,1-3H3. The summed E-state index contributed by atoms with van der Waals surface area (Å²) in [6.45, 7) is 7.73. The van der Waals surface area contributed by atoms with Crippen LogP contribution in [0.25, 0.3) is 0 Å². The molecule has 1 saturated carbocycles. The zero-order valence-electron chi connectivity index (χ0n) is 12.5. The third-order valence-electron chi connectivity index (χ3n) is 4.57. The van der Waals surface area contributed by atoms with E-state index in [1.807, 2.05) is 0 Å². The summed E-state index contributed by atoms with van der Waals surface area (Å²) in [5, 5.41) is 7.99. The smallest absolute Gasteiger partial charge is 0.0801 e. The average molecular weight is 281 g/mol. The monoisotopic (exact) mass is 281 g/mol. The van der Waals surface area contributed by atoms with Crippen molar-refractivity contribution in [1.29, 1.82) is 0 Å². The molecule has 19 heavy (non-hydrogen) atoms. The SMILES string of the molecule is CCNC(c1snnc1CC)C1CCC(CC)CC1. The molecule has 3 nitrogen and oxygen atoms in total. The fourth-order valence-electron chi connectivity index (χ4n) is 3.32. The molecule has 1 aromatic rings. The van der Waals surface area contributed by atoms with Crippen LogP contribution in [0.5, 0.6) is 0 Å². The Morgan fingerprint density at radius 3 is 2.53 bits per heavy atom. The Morgan fingerprint density at radius 2 is 1.95 bits per heavy atom. The molecule has 1 N–H and O–H groups in total. The number of aryl methyl sites for hydroxylation is 1.